The second-order valence-electron chi connectivity index (χ2n) is 5.50. The molecule has 0 saturated carbocycles. The molecule has 1 heterocycles. The molecule has 6 nitrogen and oxygen atoms in total. The van der Waals surface area contributed by atoms with Crippen molar-refractivity contribution >= 4 is 5.91 Å². The van der Waals surface area contributed by atoms with Gasteiger partial charge in [0.25, 0.3) is 5.91 Å². The highest BCUT2D eigenvalue weighted by atomic mass is 16.1. The summed E-state index contributed by atoms with van der Waals surface area (Å²) < 4.78 is 1.84. The summed E-state index contributed by atoms with van der Waals surface area (Å²) in [6.45, 7) is 9.15. The van der Waals surface area contributed by atoms with Crippen LogP contribution in [0.5, 0.6) is 0 Å². The molecule has 0 spiro atoms. The Kier molecular flexibility index (Phi) is 7.39. The first-order chi connectivity index (χ1) is 10.0. The third-order valence-corrected chi connectivity index (χ3v) is 4.02. The number of nitrogens with one attached hydrogen (secondary N) is 1. The number of hydrogen-bond donors (Lipinski definition) is 2. The first-order valence-corrected chi connectivity index (χ1v) is 7.72. The van der Waals surface area contributed by atoms with Crippen LogP contribution in [0, 0.1) is 6.92 Å². The molecule has 0 bridgehead atoms. The molecule has 1 atom stereocenters. The Hall–Kier alpha value is -1.40. The molecule has 0 saturated heterocycles. The van der Waals surface area contributed by atoms with Gasteiger partial charge in [0.1, 0.15) is 0 Å². The molecule has 0 aliphatic carbocycles. The lowest BCUT2D eigenvalue weighted by Gasteiger charge is -2.23. The van der Waals surface area contributed by atoms with E-state index in [1.807, 2.05) is 11.6 Å². The van der Waals surface area contributed by atoms with Crippen LogP contribution in [0.2, 0.25) is 0 Å². The van der Waals surface area contributed by atoms with Crippen molar-refractivity contribution in [3.63, 3.8) is 0 Å². The summed E-state index contributed by atoms with van der Waals surface area (Å²) in [5, 5.41) is 7.21. The summed E-state index contributed by atoms with van der Waals surface area (Å²) in [6.07, 6.45) is 3.61. The van der Waals surface area contributed by atoms with Crippen molar-refractivity contribution in [1.29, 1.82) is 0 Å². The molecular formula is C15H29N5O. The molecular weight excluding hydrogens is 266 g/mol. The molecule has 1 unspecified atom stereocenters. The normalized spacial score (nSPS) is 12.7. The second kappa shape index (κ2) is 8.79. The molecule has 1 amide bonds. The zero-order valence-corrected chi connectivity index (χ0v) is 13.7. The standard InChI is InChI=1S/C15H29N5O/c1-5-12(2)19(4)10-8-17-15(21)14-11-18-20(13(14)3)9-6-7-16/h11-12H,5-10,16H2,1-4H3,(H,17,21). The van der Waals surface area contributed by atoms with Crippen molar-refractivity contribution in [3.8, 4) is 0 Å². The highest BCUT2D eigenvalue weighted by Crippen LogP contribution is 2.07. The van der Waals surface area contributed by atoms with Gasteiger partial charge < -0.3 is 16.0 Å². The number of nitrogens with two attached hydrogens (primary N) is 1. The Morgan fingerprint density at radius 3 is 2.90 bits per heavy atom. The molecule has 6 heteroatoms. The molecule has 0 aromatic carbocycles. The molecule has 0 aliphatic rings. The van der Waals surface area contributed by atoms with E-state index in [1.54, 1.807) is 6.20 Å². The monoisotopic (exact) mass is 295 g/mol. The fraction of sp³-hybridized carbons (Fsp3) is 0.733. The summed E-state index contributed by atoms with van der Waals surface area (Å²) in [7, 11) is 2.08. The largest absolute Gasteiger partial charge is 0.351 e. The van der Waals surface area contributed by atoms with Crippen LogP contribution in [0.15, 0.2) is 6.20 Å². The van der Waals surface area contributed by atoms with Crippen molar-refractivity contribution in [2.24, 2.45) is 5.73 Å². The Morgan fingerprint density at radius 1 is 1.57 bits per heavy atom. The predicted octanol–water partition coefficient (Wildman–Crippen LogP) is 1.00. The van der Waals surface area contributed by atoms with Gasteiger partial charge in [-0.3, -0.25) is 9.48 Å². The van der Waals surface area contributed by atoms with E-state index in [-0.39, 0.29) is 5.91 Å². The Morgan fingerprint density at radius 2 is 2.29 bits per heavy atom. The van der Waals surface area contributed by atoms with Gasteiger partial charge in [-0.25, -0.2) is 0 Å². The number of amides is 1. The predicted molar refractivity (Wildman–Crippen MR) is 85.4 cm³/mol. The van der Waals surface area contributed by atoms with Crippen LogP contribution in [-0.4, -0.2) is 53.3 Å². The Labute approximate surface area is 127 Å². The van der Waals surface area contributed by atoms with E-state index in [4.69, 9.17) is 5.73 Å². The molecule has 1 aromatic rings. The smallest absolute Gasteiger partial charge is 0.254 e. The van der Waals surface area contributed by atoms with E-state index in [9.17, 15) is 4.79 Å². The fourth-order valence-electron chi connectivity index (χ4n) is 2.11. The van der Waals surface area contributed by atoms with Crippen molar-refractivity contribution < 1.29 is 4.79 Å². The maximum Gasteiger partial charge on any atom is 0.254 e. The summed E-state index contributed by atoms with van der Waals surface area (Å²) in [5.41, 5.74) is 7.05. The zero-order valence-electron chi connectivity index (χ0n) is 13.7. The van der Waals surface area contributed by atoms with Crippen molar-refractivity contribution in [2.45, 2.75) is 46.2 Å². The van der Waals surface area contributed by atoms with Crippen LogP contribution in [0.4, 0.5) is 0 Å². The summed E-state index contributed by atoms with van der Waals surface area (Å²) in [5.74, 6) is -0.0518. The maximum atomic E-state index is 12.2. The van der Waals surface area contributed by atoms with E-state index < -0.39 is 0 Å². The van der Waals surface area contributed by atoms with Gasteiger partial charge in [0.05, 0.1) is 11.8 Å². The van der Waals surface area contributed by atoms with Crippen molar-refractivity contribution in [1.82, 2.24) is 20.0 Å². The van der Waals surface area contributed by atoms with Gasteiger partial charge in [-0.2, -0.15) is 5.10 Å². The number of nitrogens with zero attached hydrogens (tertiary/aromatic N) is 3. The average Bonchev–Trinajstić information content (AvgIpc) is 2.84. The SMILES string of the molecule is CCC(C)N(C)CCNC(=O)c1cnn(CCCN)c1C. The van der Waals surface area contributed by atoms with Gasteiger partial charge in [0, 0.05) is 31.4 Å². The quantitative estimate of drug-likeness (QED) is 0.712. The summed E-state index contributed by atoms with van der Waals surface area (Å²) in [4.78, 5) is 14.4. The molecule has 0 fully saturated rings. The number of carbonyl (C=O) groups is 1. The Balaban J connectivity index is 2.47. The maximum absolute atomic E-state index is 12.2. The lowest BCUT2D eigenvalue weighted by atomic mass is 10.2. The average molecular weight is 295 g/mol. The van der Waals surface area contributed by atoms with Crippen molar-refractivity contribution in [3.05, 3.63) is 17.5 Å². The first kappa shape index (κ1) is 17.7. The van der Waals surface area contributed by atoms with E-state index in [0.717, 1.165) is 31.6 Å². The van der Waals surface area contributed by atoms with Crippen LogP contribution < -0.4 is 11.1 Å². The van der Waals surface area contributed by atoms with Gasteiger partial charge in [-0.1, -0.05) is 6.92 Å². The number of aryl methyl sites for hydroxylation is 1. The summed E-state index contributed by atoms with van der Waals surface area (Å²) >= 11 is 0. The van der Waals surface area contributed by atoms with Gasteiger partial charge in [0.2, 0.25) is 0 Å². The van der Waals surface area contributed by atoms with E-state index >= 15 is 0 Å². The minimum Gasteiger partial charge on any atom is -0.351 e. The molecule has 3 N–H and O–H groups in total. The minimum absolute atomic E-state index is 0.0518. The molecule has 21 heavy (non-hydrogen) atoms. The van der Waals surface area contributed by atoms with E-state index in [1.165, 1.54) is 0 Å². The molecule has 1 aromatic heterocycles. The molecule has 0 aliphatic heterocycles. The van der Waals surface area contributed by atoms with E-state index in [2.05, 4.69) is 36.2 Å². The number of rotatable bonds is 9. The van der Waals surface area contributed by atoms with Crippen LogP contribution in [0.1, 0.15) is 42.7 Å². The highest BCUT2D eigenvalue weighted by molar-refractivity contribution is 5.95. The second-order valence-corrected chi connectivity index (χ2v) is 5.50. The molecule has 0 radical (unpaired) electrons. The highest BCUT2D eigenvalue weighted by Gasteiger charge is 2.14. The van der Waals surface area contributed by atoms with Gasteiger partial charge in [0.15, 0.2) is 0 Å². The lowest BCUT2D eigenvalue weighted by Crippen LogP contribution is -2.37. The third-order valence-electron chi connectivity index (χ3n) is 4.02. The fourth-order valence-corrected chi connectivity index (χ4v) is 2.11. The minimum atomic E-state index is -0.0518. The van der Waals surface area contributed by atoms with Crippen LogP contribution in [-0.2, 0) is 6.54 Å². The van der Waals surface area contributed by atoms with Gasteiger partial charge in [-0.05, 0) is 40.3 Å². The Bertz CT molecular complexity index is 443. The number of carbonyl (C=O) groups excluding carboxylic acids is 1. The third kappa shape index (κ3) is 5.13. The van der Waals surface area contributed by atoms with Gasteiger partial charge >= 0.3 is 0 Å². The van der Waals surface area contributed by atoms with Crippen LogP contribution in [0.25, 0.3) is 0 Å². The number of likely N-dealkylation sites (N-methyl/N-ethyl adjacent to an activating group) is 1. The van der Waals surface area contributed by atoms with Crippen LogP contribution >= 0.6 is 0 Å². The zero-order chi connectivity index (χ0) is 15.8. The number of aromatic nitrogens is 2. The first-order valence-electron chi connectivity index (χ1n) is 7.72. The van der Waals surface area contributed by atoms with Gasteiger partial charge in [-0.15, -0.1) is 0 Å². The van der Waals surface area contributed by atoms with Crippen LogP contribution in [0.3, 0.4) is 0 Å². The molecule has 1 rings (SSSR count). The van der Waals surface area contributed by atoms with E-state index in [0.29, 0.717) is 24.7 Å². The molecule has 120 valence electrons. The lowest BCUT2D eigenvalue weighted by molar-refractivity contribution is 0.0946. The summed E-state index contributed by atoms with van der Waals surface area (Å²) in [6, 6.07) is 0.530. The number of hydrogen-bond acceptors (Lipinski definition) is 4. The van der Waals surface area contributed by atoms with Crippen molar-refractivity contribution in [2.75, 3.05) is 26.7 Å². The topological polar surface area (TPSA) is 76.2 Å².